The summed E-state index contributed by atoms with van der Waals surface area (Å²) in [5.74, 6) is 0.194. The van der Waals surface area contributed by atoms with Gasteiger partial charge in [0.2, 0.25) is 5.91 Å². The number of benzene rings is 2. The molecule has 2 aromatic carbocycles. The van der Waals surface area contributed by atoms with E-state index in [4.69, 9.17) is 9.47 Å². The first-order valence-corrected chi connectivity index (χ1v) is 10.5. The van der Waals surface area contributed by atoms with Crippen LogP contribution >= 0.6 is 22.6 Å². The fourth-order valence-electron chi connectivity index (χ4n) is 2.23. The van der Waals surface area contributed by atoms with Crippen LogP contribution in [0.3, 0.4) is 0 Å². The number of amides is 1. The summed E-state index contributed by atoms with van der Waals surface area (Å²) < 4.78 is 35.4. The molecule has 0 aliphatic heterocycles. The van der Waals surface area contributed by atoms with Gasteiger partial charge in [-0.1, -0.05) is 0 Å². The van der Waals surface area contributed by atoms with Gasteiger partial charge in [-0.25, -0.2) is 8.42 Å². The highest BCUT2D eigenvalue weighted by Crippen LogP contribution is 2.36. The maximum absolute atomic E-state index is 12.1. The molecule has 140 valence electrons. The number of carbonyl (C=O) groups is 1. The van der Waals surface area contributed by atoms with Crippen molar-refractivity contribution in [3.05, 3.63) is 40.0 Å². The Hall–Kier alpha value is -2.01. The van der Waals surface area contributed by atoms with Crippen LogP contribution in [0.1, 0.15) is 0 Å². The van der Waals surface area contributed by atoms with Gasteiger partial charge in [-0.05, 0) is 46.9 Å². The lowest BCUT2D eigenvalue weighted by atomic mass is 10.2. The lowest BCUT2D eigenvalue weighted by Crippen LogP contribution is -2.22. The fraction of sp³-hybridized carbons (Fsp3) is 0.235. The van der Waals surface area contributed by atoms with E-state index in [1.807, 2.05) is 12.1 Å². The molecule has 0 saturated heterocycles. The Balaban J connectivity index is 2.20. The Bertz CT molecular complexity index is 898. The number of rotatable bonds is 7. The highest BCUT2D eigenvalue weighted by molar-refractivity contribution is 14.1. The third-order valence-corrected chi connectivity index (χ3v) is 5.26. The lowest BCUT2D eigenvalue weighted by Gasteiger charge is -2.16. The second-order valence-electron chi connectivity index (χ2n) is 5.39. The van der Waals surface area contributed by atoms with Gasteiger partial charge in [-0.15, -0.1) is 0 Å². The molecule has 0 atom stereocenters. The zero-order valence-electron chi connectivity index (χ0n) is 14.5. The highest BCUT2D eigenvalue weighted by Gasteiger charge is 2.20. The van der Waals surface area contributed by atoms with Gasteiger partial charge in [0.05, 0.1) is 26.5 Å². The van der Waals surface area contributed by atoms with Crippen LogP contribution in [-0.2, 0) is 14.6 Å². The van der Waals surface area contributed by atoms with Crippen molar-refractivity contribution in [2.75, 3.05) is 37.7 Å². The maximum atomic E-state index is 12.1. The smallest absolute Gasteiger partial charge is 0.243 e. The molecule has 0 heterocycles. The zero-order chi connectivity index (χ0) is 19.3. The fourth-order valence-corrected chi connectivity index (χ4v) is 3.45. The maximum Gasteiger partial charge on any atom is 0.243 e. The lowest BCUT2D eigenvalue weighted by molar-refractivity contribution is -0.114. The second kappa shape index (κ2) is 8.58. The molecule has 0 aliphatic carbocycles. The van der Waals surface area contributed by atoms with Gasteiger partial charge in [0.15, 0.2) is 15.6 Å². The molecule has 0 radical (unpaired) electrons. The topological polar surface area (TPSA) is 93.7 Å². The van der Waals surface area contributed by atoms with Crippen LogP contribution in [0.15, 0.2) is 41.3 Å². The number of nitrogens with one attached hydrogen (secondary N) is 2. The van der Waals surface area contributed by atoms with E-state index in [2.05, 4.69) is 33.2 Å². The van der Waals surface area contributed by atoms with E-state index in [-0.39, 0.29) is 23.1 Å². The quantitative estimate of drug-likeness (QED) is 0.580. The van der Waals surface area contributed by atoms with Crippen molar-refractivity contribution in [2.45, 2.75) is 4.90 Å². The van der Waals surface area contributed by atoms with Crippen LogP contribution in [0.2, 0.25) is 0 Å². The van der Waals surface area contributed by atoms with E-state index in [0.29, 0.717) is 17.1 Å². The molecule has 0 fully saturated rings. The molecular weight excluding hydrogens is 471 g/mol. The number of hydrogen-bond acceptors (Lipinski definition) is 6. The molecule has 2 N–H and O–H groups in total. The first kappa shape index (κ1) is 20.3. The second-order valence-corrected chi connectivity index (χ2v) is 8.62. The van der Waals surface area contributed by atoms with Gasteiger partial charge in [-0.3, -0.25) is 4.79 Å². The van der Waals surface area contributed by atoms with Crippen LogP contribution in [0, 0.1) is 3.57 Å². The zero-order valence-corrected chi connectivity index (χ0v) is 17.5. The van der Waals surface area contributed by atoms with Crippen LogP contribution in [0.4, 0.5) is 11.4 Å². The van der Waals surface area contributed by atoms with Gasteiger partial charge >= 0.3 is 0 Å². The van der Waals surface area contributed by atoms with Gasteiger partial charge in [-0.2, -0.15) is 0 Å². The predicted molar refractivity (Wildman–Crippen MR) is 109 cm³/mol. The van der Waals surface area contributed by atoms with E-state index in [9.17, 15) is 13.2 Å². The largest absolute Gasteiger partial charge is 0.497 e. The molecular formula is C17H19IN2O5S. The number of carbonyl (C=O) groups excluding carboxylic acids is 1. The van der Waals surface area contributed by atoms with Gasteiger partial charge < -0.3 is 20.1 Å². The first-order valence-electron chi connectivity index (χ1n) is 7.50. The normalized spacial score (nSPS) is 10.9. The monoisotopic (exact) mass is 490 g/mol. The van der Waals surface area contributed by atoms with Crippen LogP contribution in [0.25, 0.3) is 0 Å². The van der Waals surface area contributed by atoms with E-state index < -0.39 is 9.84 Å². The van der Waals surface area contributed by atoms with Crippen molar-refractivity contribution in [3.8, 4) is 11.5 Å². The number of hydrogen-bond donors (Lipinski definition) is 2. The average Bonchev–Trinajstić information content (AvgIpc) is 2.60. The van der Waals surface area contributed by atoms with Gasteiger partial charge in [0, 0.05) is 27.6 Å². The SMILES string of the molecule is COc1cc(NCC(=O)Nc2ccc(I)cc2)c(OC)c(S(C)(=O)=O)c1. The molecule has 0 unspecified atom stereocenters. The summed E-state index contributed by atoms with van der Waals surface area (Å²) in [7, 11) is -0.738. The first-order chi connectivity index (χ1) is 12.2. The molecule has 0 spiro atoms. The molecule has 0 bridgehead atoms. The van der Waals surface area contributed by atoms with Crippen LogP contribution in [0.5, 0.6) is 11.5 Å². The van der Waals surface area contributed by atoms with Crippen LogP contribution < -0.4 is 20.1 Å². The van der Waals surface area contributed by atoms with Crippen molar-refractivity contribution < 1.29 is 22.7 Å². The molecule has 0 saturated carbocycles. The molecule has 9 heteroatoms. The van der Waals surface area contributed by atoms with Crippen LogP contribution in [-0.4, -0.2) is 41.3 Å². The number of halogens is 1. The Morgan fingerprint density at radius 1 is 1.12 bits per heavy atom. The number of methoxy groups -OCH3 is 2. The molecule has 7 nitrogen and oxygen atoms in total. The number of ether oxygens (including phenoxy) is 2. The summed E-state index contributed by atoms with van der Waals surface area (Å²) in [6.07, 6.45) is 1.08. The standard InChI is InChI=1S/C17H19IN2O5S/c1-24-13-8-14(17(25-2)15(9-13)26(3,22)23)19-10-16(21)20-12-6-4-11(18)5-7-12/h4-9,19H,10H2,1-3H3,(H,20,21). The third-order valence-electron chi connectivity index (χ3n) is 3.44. The van der Waals surface area contributed by atoms with Crippen molar-refractivity contribution in [1.82, 2.24) is 0 Å². The summed E-state index contributed by atoms with van der Waals surface area (Å²) in [4.78, 5) is 12.1. The summed E-state index contributed by atoms with van der Waals surface area (Å²) in [6.45, 7) is -0.0707. The molecule has 1 amide bonds. The van der Waals surface area contributed by atoms with E-state index in [1.165, 1.54) is 20.3 Å². The van der Waals surface area contributed by atoms with E-state index in [1.54, 1.807) is 18.2 Å². The third kappa shape index (κ3) is 5.24. The summed E-state index contributed by atoms with van der Waals surface area (Å²) >= 11 is 2.18. The summed E-state index contributed by atoms with van der Waals surface area (Å²) in [6, 6.07) is 10.3. The minimum atomic E-state index is -3.54. The minimum Gasteiger partial charge on any atom is -0.497 e. The van der Waals surface area contributed by atoms with Crippen molar-refractivity contribution >= 4 is 49.7 Å². The Labute approximate surface area is 166 Å². The summed E-state index contributed by atoms with van der Waals surface area (Å²) in [5, 5.41) is 5.66. The Morgan fingerprint density at radius 3 is 2.31 bits per heavy atom. The predicted octanol–water partition coefficient (Wildman–Crippen LogP) is 2.76. The summed E-state index contributed by atoms with van der Waals surface area (Å²) in [5.41, 5.74) is 1.02. The van der Waals surface area contributed by atoms with Crippen molar-refractivity contribution in [3.63, 3.8) is 0 Å². The number of sulfone groups is 1. The van der Waals surface area contributed by atoms with Crippen molar-refractivity contribution in [1.29, 1.82) is 0 Å². The van der Waals surface area contributed by atoms with Gasteiger partial charge in [0.25, 0.3) is 0 Å². The minimum absolute atomic E-state index is 0.0140. The number of anilines is 2. The molecule has 2 rings (SSSR count). The van der Waals surface area contributed by atoms with E-state index in [0.717, 1.165) is 9.83 Å². The Morgan fingerprint density at radius 2 is 1.77 bits per heavy atom. The molecule has 0 aliphatic rings. The molecule has 26 heavy (non-hydrogen) atoms. The Kier molecular flexibility index (Phi) is 6.70. The average molecular weight is 490 g/mol. The highest BCUT2D eigenvalue weighted by atomic mass is 127. The molecule has 0 aromatic heterocycles. The van der Waals surface area contributed by atoms with Crippen molar-refractivity contribution in [2.24, 2.45) is 0 Å². The van der Waals surface area contributed by atoms with E-state index >= 15 is 0 Å². The van der Waals surface area contributed by atoms with Gasteiger partial charge in [0.1, 0.15) is 10.6 Å². The molecule has 2 aromatic rings.